The number of carbonyl (C=O) groups excluding carboxylic acids is 2. The van der Waals surface area contributed by atoms with E-state index in [9.17, 15) is 14.0 Å². The monoisotopic (exact) mass is 395 g/mol. The number of aryl methyl sites for hydroxylation is 1. The summed E-state index contributed by atoms with van der Waals surface area (Å²) in [6, 6.07) is 13.2. The molecule has 0 saturated heterocycles. The van der Waals surface area contributed by atoms with E-state index in [-0.39, 0.29) is 24.4 Å². The molecule has 29 heavy (non-hydrogen) atoms. The molecule has 1 heterocycles. The molecule has 3 N–H and O–H groups in total. The van der Waals surface area contributed by atoms with Gasteiger partial charge in [0.1, 0.15) is 11.5 Å². The maximum Gasteiger partial charge on any atom is 0.267 e. The summed E-state index contributed by atoms with van der Waals surface area (Å²) >= 11 is 0. The minimum absolute atomic E-state index is 0.00690. The van der Waals surface area contributed by atoms with Crippen molar-refractivity contribution < 1.29 is 19.1 Å². The van der Waals surface area contributed by atoms with Crippen LogP contribution < -0.4 is 10.6 Å². The molecule has 0 aliphatic heterocycles. The Morgan fingerprint density at radius 1 is 1.14 bits per heavy atom. The summed E-state index contributed by atoms with van der Waals surface area (Å²) in [6.45, 7) is 0.183. The van der Waals surface area contributed by atoms with Gasteiger partial charge in [-0.15, -0.1) is 0 Å². The van der Waals surface area contributed by atoms with E-state index in [1.54, 1.807) is 12.1 Å². The maximum absolute atomic E-state index is 14.0. The van der Waals surface area contributed by atoms with E-state index in [4.69, 9.17) is 5.11 Å². The minimum Gasteiger partial charge on any atom is -0.396 e. The van der Waals surface area contributed by atoms with Crippen molar-refractivity contribution in [3.8, 4) is 0 Å². The molecule has 0 unspecified atom stereocenters. The first-order chi connectivity index (χ1) is 14.0. The Kier molecular flexibility index (Phi) is 6.41. The molecule has 0 saturated carbocycles. The number of halogens is 1. The molecule has 2 aromatic carbocycles. The fourth-order valence-corrected chi connectivity index (χ4v) is 3.01. The van der Waals surface area contributed by atoms with Gasteiger partial charge in [-0.1, -0.05) is 30.3 Å². The number of hydrogen-bond acceptors (Lipinski definition) is 3. The smallest absolute Gasteiger partial charge is 0.267 e. The Morgan fingerprint density at radius 2 is 1.86 bits per heavy atom. The Labute approximate surface area is 167 Å². The number of para-hydroxylation sites is 1. The molecule has 0 fully saturated rings. The third-order valence-electron chi connectivity index (χ3n) is 4.46. The van der Waals surface area contributed by atoms with E-state index in [1.807, 2.05) is 42.1 Å². The van der Waals surface area contributed by atoms with Crippen LogP contribution in [0.15, 0.2) is 60.4 Å². The van der Waals surface area contributed by atoms with Crippen molar-refractivity contribution in [3.05, 3.63) is 77.4 Å². The molecule has 0 bridgehead atoms. The van der Waals surface area contributed by atoms with Crippen LogP contribution in [0.1, 0.15) is 22.3 Å². The Hall–Kier alpha value is -3.45. The Morgan fingerprint density at radius 3 is 2.62 bits per heavy atom. The summed E-state index contributed by atoms with van der Waals surface area (Å²) < 4.78 is 15.9. The fourth-order valence-electron chi connectivity index (χ4n) is 3.01. The minimum atomic E-state index is -0.716. The van der Waals surface area contributed by atoms with Gasteiger partial charge in [-0.3, -0.25) is 9.59 Å². The van der Waals surface area contributed by atoms with Crippen LogP contribution in [-0.2, 0) is 11.8 Å². The number of aromatic nitrogens is 1. The summed E-state index contributed by atoms with van der Waals surface area (Å²) in [5.41, 5.74) is 1.55. The third-order valence-corrected chi connectivity index (χ3v) is 4.46. The van der Waals surface area contributed by atoms with E-state index < -0.39 is 17.6 Å². The zero-order valence-electron chi connectivity index (χ0n) is 16.0. The van der Waals surface area contributed by atoms with Gasteiger partial charge in [-0.05, 0) is 30.7 Å². The van der Waals surface area contributed by atoms with E-state index in [0.717, 1.165) is 16.5 Å². The number of nitrogens with one attached hydrogen (secondary N) is 2. The van der Waals surface area contributed by atoms with Crippen LogP contribution in [0.25, 0.3) is 17.0 Å². The van der Waals surface area contributed by atoms with Crippen molar-refractivity contribution in [1.29, 1.82) is 0 Å². The van der Waals surface area contributed by atoms with Gasteiger partial charge < -0.3 is 20.3 Å². The van der Waals surface area contributed by atoms with Crippen LogP contribution >= 0.6 is 0 Å². The molecular weight excluding hydrogens is 373 g/mol. The Balaban J connectivity index is 1.96. The van der Waals surface area contributed by atoms with Crippen molar-refractivity contribution in [2.45, 2.75) is 6.42 Å². The van der Waals surface area contributed by atoms with Crippen LogP contribution in [-0.4, -0.2) is 34.6 Å². The first-order valence-electron chi connectivity index (χ1n) is 9.22. The zero-order valence-corrected chi connectivity index (χ0v) is 16.0. The molecule has 0 radical (unpaired) electrons. The molecule has 3 rings (SSSR count). The normalized spacial score (nSPS) is 11.5. The van der Waals surface area contributed by atoms with Crippen LogP contribution in [0.5, 0.6) is 0 Å². The van der Waals surface area contributed by atoms with Crippen LogP contribution in [0.3, 0.4) is 0 Å². The highest BCUT2D eigenvalue weighted by molar-refractivity contribution is 6.06. The van der Waals surface area contributed by atoms with Gasteiger partial charge in [0, 0.05) is 42.9 Å². The number of carbonyl (C=O) groups is 2. The van der Waals surface area contributed by atoms with Crippen molar-refractivity contribution in [2.75, 3.05) is 13.2 Å². The largest absolute Gasteiger partial charge is 0.396 e. The summed E-state index contributed by atoms with van der Waals surface area (Å²) in [4.78, 5) is 25.2. The van der Waals surface area contributed by atoms with Crippen molar-refractivity contribution in [1.82, 2.24) is 15.2 Å². The quantitative estimate of drug-likeness (QED) is 0.425. The van der Waals surface area contributed by atoms with Crippen LogP contribution in [0.4, 0.5) is 4.39 Å². The van der Waals surface area contributed by atoms with Gasteiger partial charge in [0.15, 0.2) is 0 Å². The van der Waals surface area contributed by atoms with Crippen LogP contribution in [0, 0.1) is 5.82 Å². The first kappa shape index (κ1) is 20.3. The number of amides is 2. The van der Waals surface area contributed by atoms with Gasteiger partial charge in [0.2, 0.25) is 0 Å². The van der Waals surface area contributed by atoms with E-state index in [2.05, 4.69) is 10.6 Å². The van der Waals surface area contributed by atoms with E-state index in [0.29, 0.717) is 6.42 Å². The molecule has 0 atom stereocenters. The van der Waals surface area contributed by atoms with Gasteiger partial charge >= 0.3 is 0 Å². The summed E-state index contributed by atoms with van der Waals surface area (Å²) in [5.74, 6) is -1.90. The summed E-state index contributed by atoms with van der Waals surface area (Å²) in [7, 11) is 1.89. The number of aliphatic hydroxyl groups is 1. The van der Waals surface area contributed by atoms with Crippen molar-refractivity contribution in [2.24, 2.45) is 7.05 Å². The van der Waals surface area contributed by atoms with Gasteiger partial charge in [-0.25, -0.2) is 4.39 Å². The number of rotatable bonds is 7. The molecule has 6 nitrogen and oxygen atoms in total. The highest BCUT2D eigenvalue weighted by Crippen LogP contribution is 2.22. The standard InChI is InChI=1S/C22H22FN3O3/c1-26-14-15(16-7-3-5-10-20(16)26)13-19(22(29)24-11-6-12-27)25-21(28)17-8-2-4-9-18(17)23/h2-5,7-10,13-14,27H,6,11-12H2,1H3,(H,24,29)(H,25,28). The zero-order chi connectivity index (χ0) is 20.8. The summed E-state index contributed by atoms with van der Waals surface area (Å²) in [5, 5.41) is 15.0. The van der Waals surface area contributed by atoms with E-state index in [1.165, 1.54) is 18.2 Å². The number of aliphatic hydroxyl groups excluding tert-OH is 1. The lowest BCUT2D eigenvalue weighted by Crippen LogP contribution is -2.35. The predicted molar refractivity (Wildman–Crippen MR) is 109 cm³/mol. The lowest BCUT2D eigenvalue weighted by molar-refractivity contribution is -0.117. The average Bonchev–Trinajstić information content (AvgIpc) is 3.03. The molecule has 0 aliphatic rings. The number of hydrogen-bond donors (Lipinski definition) is 3. The van der Waals surface area contributed by atoms with Gasteiger partial charge in [0.05, 0.1) is 5.56 Å². The van der Waals surface area contributed by atoms with Gasteiger partial charge in [-0.2, -0.15) is 0 Å². The second-order valence-electron chi connectivity index (χ2n) is 6.54. The van der Waals surface area contributed by atoms with E-state index >= 15 is 0 Å². The van der Waals surface area contributed by atoms with Crippen molar-refractivity contribution >= 4 is 28.8 Å². The molecule has 1 aromatic heterocycles. The fraction of sp³-hybridized carbons (Fsp3) is 0.182. The molecule has 7 heteroatoms. The highest BCUT2D eigenvalue weighted by Gasteiger charge is 2.17. The maximum atomic E-state index is 14.0. The molecule has 2 amide bonds. The molecule has 3 aromatic rings. The second-order valence-corrected chi connectivity index (χ2v) is 6.54. The average molecular weight is 395 g/mol. The molecule has 0 aliphatic carbocycles. The number of benzene rings is 2. The Bertz CT molecular complexity index is 1070. The molecule has 0 spiro atoms. The lowest BCUT2D eigenvalue weighted by Gasteiger charge is -2.11. The number of fused-ring (bicyclic) bond motifs is 1. The first-order valence-corrected chi connectivity index (χ1v) is 9.22. The predicted octanol–water partition coefficient (Wildman–Crippen LogP) is 2.59. The summed E-state index contributed by atoms with van der Waals surface area (Å²) in [6.07, 6.45) is 3.80. The molecular formula is C22H22FN3O3. The lowest BCUT2D eigenvalue weighted by atomic mass is 10.1. The number of nitrogens with zero attached hydrogens (tertiary/aromatic N) is 1. The highest BCUT2D eigenvalue weighted by atomic mass is 19.1. The van der Waals surface area contributed by atoms with Crippen molar-refractivity contribution in [3.63, 3.8) is 0 Å². The second kappa shape index (κ2) is 9.16. The SMILES string of the molecule is Cn1cc(C=C(NC(=O)c2ccccc2F)C(=O)NCCCO)c2ccccc21. The molecule has 150 valence electrons. The third kappa shape index (κ3) is 4.70. The van der Waals surface area contributed by atoms with Crippen LogP contribution in [0.2, 0.25) is 0 Å². The topological polar surface area (TPSA) is 83.4 Å². The van der Waals surface area contributed by atoms with Gasteiger partial charge in [0.25, 0.3) is 11.8 Å².